The molecule has 1 atom stereocenters. The number of hydrogen-bond donors (Lipinski definition) is 1. The van der Waals surface area contributed by atoms with Crippen molar-refractivity contribution in [3.63, 3.8) is 0 Å². The van der Waals surface area contributed by atoms with E-state index < -0.39 is 0 Å². The molecule has 7 heteroatoms. The third-order valence-electron chi connectivity index (χ3n) is 4.79. The highest BCUT2D eigenvalue weighted by atomic mass is 16.5. The summed E-state index contributed by atoms with van der Waals surface area (Å²) in [5.74, 6) is 1.35. The van der Waals surface area contributed by atoms with Gasteiger partial charge >= 0.3 is 0 Å². The van der Waals surface area contributed by atoms with Crippen LogP contribution in [0.2, 0.25) is 0 Å². The van der Waals surface area contributed by atoms with Gasteiger partial charge in [0.15, 0.2) is 0 Å². The minimum atomic E-state index is 0.0987. The molecule has 27 heavy (non-hydrogen) atoms. The largest absolute Gasteiger partial charge is 0.360 e. The molecule has 138 valence electrons. The molecule has 0 spiro atoms. The summed E-state index contributed by atoms with van der Waals surface area (Å²) in [5, 5.41) is 7.56. The molecule has 1 aliphatic heterocycles. The Morgan fingerprint density at radius 3 is 2.81 bits per heavy atom. The average Bonchev–Trinajstić information content (AvgIpc) is 3.29. The lowest BCUT2D eigenvalue weighted by Gasteiger charge is -2.15. The van der Waals surface area contributed by atoms with E-state index in [1.165, 1.54) is 0 Å². The Morgan fingerprint density at radius 1 is 1.26 bits per heavy atom. The number of carbonyl (C=O) groups is 1. The molecule has 7 nitrogen and oxygen atoms in total. The third-order valence-corrected chi connectivity index (χ3v) is 4.79. The number of aromatic nitrogens is 3. The predicted octanol–water partition coefficient (Wildman–Crippen LogP) is 3.14. The Balaban J connectivity index is 1.61. The van der Waals surface area contributed by atoms with Crippen LogP contribution < -0.4 is 5.32 Å². The van der Waals surface area contributed by atoms with Gasteiger partial charge in [-0.2, -0.15) is 0 Å². The predicted molar refractivity (Wildman–Crippen MR) is 102 cm³/mol. The minimum absolute atomic E-state index is 0.0987. The number of likely N-dealkylation sites (tertiary alicyclic amines) is 1. The van der Waals surface area contributed by atoms with Crippen LogP contribution >= 0.6 is 0 Å². The van der Waals surface area contributed by atoms with Crippen molar-refractivity contribution in [2.75, 3.05) is 18.4 Å². The zero-order valence-corrected chi connectivity index (χ0v) is 15.3. The molecule has 3 heterocycles. The third kappa shape index (κ3) is 3.53. The van der Waals surface area contributed by atoms with E-state index in [-0.39, 0.29) is 11.9 Å². The highest BCUT2D eigenvalue weighted by Crippen LogP contribution is 2.33. The van der Waals surface area contributed by atoms with E-state index in [0.29, 0.717) is 18.3 Å². The van der Waals surface area contributed by atoms with Crippen LogP contribution in [-0.2, 0) is 4.79 Å². The maximum Gasteiger partial charge on any atom is 0.223 e. The first-order valence-corrected chi connectivity index (χ1v) is 8.99. The molecule has 1 N–H and O–H groups in total. The Labute approximate surface area is 157 Å². The van der Waals surface area contributed by atoms with Crippen molar-refractivity contribution in [3.8, 4) is 22.5 Å². The van der Waals surface area contributed by atoms with E-state index >= 15 is 0 Å². The van der Waals surface area contributed by atoms with E-state index in [4.69, 9.17) is 4.52 Å². The highest BCUT2D eigenvalue weighted by molar-refractivity contribution is 5.80. The molecule has 2 aromatic heterocycles. The molecule has 1 aliphatic rings. The van der Waals surface area contributed by atoms with Gasteiger partial charge in [0.2, 0.25) is 11.9 Å². The van der Waals surface area contributed by atoms with E-state index in [1.807, 2.05) is 48.2 Å². The lowest BCUT2D eigenvalue weighted by molar-refractivity contribution is -0.127. The van der Waals surface area contributed by atoms with E-state index in [0.717, 1.165) is 35.5 Å². The van der Waals surface area contributed by atoms with Crippen molar-refractivity contribution in [1.82, 2.24) is 20.0 Å². The number of rotatable bonds is 4. The second kappa shape index (κ2) is 7.19. The molecule has 0 radical (unpaired) electrons. The fourth-order valence-corrected chi connectivity index (χ4v) is 3.38. The zero-order chi connectivity index (χ0) is 18.8. The monoisotopic (exact) mass is 363 g/mol. The number of hydrogen-bond acceptors (Lipinski definition) is 6. The minimum Gasteiger partial charge on any atom is -0.360 e. The summed E-state index contributed by atoms with van der Waals surface area (Å²) in [6.45, 7) is 4.91. The van der Waals surface area contributed by atoms with Crippen LogP contribution in [0.5, 0.6) is 0 Å². The van der Waals surface area contributed by atoms with Gasteiger partial charge in [0.1, 0.15) is 11.5 Å². The van der Waals surface area contributed by atoms with E-state index in [2.05, 4.69) is 20.4 Å². The number of aryl methyl sites for hydroxylation is 1. The summed E-state index contributed by atoms with van der Waals surface area (Å²) in [4.78, 5) is 22.4. The van der Waals surface area contributed by atoms with Gasteiger partial charge < -0.3 is 14.7 Å². The SMILES string of the molecule is CC(=O)N1CC[C@@H](Nc2nccc(-c3c(-c4ccccc4)noc3C)n2)C1. The maximum absolute atomic E-state index is 11.5. The highest BCUT2D eigenvalue weighted by Gasteiger charge is 2.25. The molecule has 1 aromatic carbocycles. The van der Waals surface area contributed by atoms with E-state index in [9.17, 15) is 4.79 Å². The Hall–Kier alpha value is -3.22. The Morgan fingerprint density at radius 2 is 2.07 bits per heavy atom. The van der Waals surface area contributed by atoms with Crippen LogP contribution in [0.3, 0.4) is 0 Å². The smallest absolute Gasteiger partial charge is 0.223 e. The maximum atomic E-state index is 11.5. The van der Waals surface area contributed by atoms with Crippen molar-refractivity contribution in [2.45, 2.75) is 26.3 Å². The van der Waals surface area contributed by atoms with Gasteiger partial charge in [0.05, 0.1) is 11.3 Å². The zero-order valence-electron chi connectivity index (χ0n) is 15.3. The van der Waals surface area contributed by atoms with Crippen LogP contribution in [0.4, 0.5) is 5.95 Å². The van der Waals surface area contributed by atoms with Gasteiger partial charge in [-0.05, 0) is 19.4 Å². The van der Waals surface area contributed by atoms with Gasteiger partial charge in [0, 0.05) is 37.8 Å². The number of nitrogens with zero attached hydrogens (tertiary/aromatic N) is 4. The van der Waals surface area contributed by atoms with Gasteiger partial charge in [0.25, 0.3) is 0 Å². The van der Waals surface area contributed by atoms with Crippen LogP contribution in [-0.4, -0.2) is 45.1 Å². The summed E-state index contributed by atoms with van der Waals surface area (Å²) >= 11 is 0. The summed E-state index contributed by atoms with van der Waals surface area (Å²) in [5.41, 5.74) is 3.36. The van der Waals surface area contributed by atoms with Crippen molar-refractivity contribution in [2.24, 2.45) is 0 Å². The Kier molecular flexibility index (Phi) is 4.58. The van der Waals surface area contributed by atoms with Gasteiger partial charge in [-0.1, -0.05) is 35.5 Å². The van der Waals surface area contributed by atoms with Crippen molar-refractivity contribution < 1.29 is 9.32 Å². The molecular weight excluding hydrogens is 342 g/mol. The van der Waals surface area contributed by atoms with Crippen LogP contribution in [0.25, 0.3) is 22.5 Å². The van der Waals surface area contributed by atoms with Gasteiger partial charge in [-0.25, -0.2) is 9.97 Å². The first-order valence-electron chi connectivity index (χ1n) is 8.99. The quantitative estimate of drug-likeness (QED) is 0.767. The Bertz CT molecular complexity index is 954. The lowest BCUT2D eigenvalue weighted by Crippen LogP contribution is -2.30. The van der Waals surface area contributed by atoms with Crippen LogP contribution in [0, 0.1) is 6.92 Å². The normalized spacial score (nSPS) is 16.5. The van der Waals surface area contributed by atoms with Crippen molar-refractivity contribution in [1.29, 1.82) is 0 Å². The number of nitrogens with one attached hydrogen (secondary N) is 1. The summed E-state index contributed by atoms with van der Waals surface area (Å²) in [6, 6.07) is 11.9. The van der Waals surface area contributed by atoms with Crippen LogP contribution in [0.15, 0.2) is 47.1 Å². The second-order valence-electron chi connectivity index (χ2n) is 6.69. The van der Waals surface area contributed by atoms with Crippen molar-refractivity contribution in [3.05, 3.63) is 48.4 Å². The van der Waals surface area contributed by atoms with Crippen molar-refractivity contribution >= 4 is 11.9 Å². The molecule has 0 unspecified atom stereocenters. The summed E-state index contributed by atoms with van der Waals surface area (Å²) in [6.07, 6.45) is 2.61. The number of carbonyl (C=O) groups excluding carboxylic acids is 1. The molecule has 1 fully saturated rings. The molecule has 3 aromatic rings. The first-order chi connectivity index (χ1) is 13.1. The molecule has 0 bridgehead atoms. The van der Waals surface area contributed by atoms with Gasteiger partial charge in [-0.15, -0.1) is 0 Å². The fraction of sp³-hybridized carbons (Fsp3) is 0.300. The topological polar surface area (TPSA) is 84.2 Å². The van der Waals surface area contributed by atoms with E-state index in [1.54, 1.807) is 13.1 Å². The molecular formula is C20H21N5O2. The molecule has 1 amide bonds. The summed E-state index contributed by atoms with van der Waals surface area (Å²) in [7, 11) is 0. The molecule has 0 aliphatic carbocycles. The van der Waals surface area contributed by atoms with Crippen LogP contribution in [0.1, 0.15) is 19.1 Å². The summed E-state index contributed by atoms with van der Waals surface area (Å²) < 4.78 is 5.44. The second-order valence-corrected chi connectivity index (χ2v) is 6.69. The number of amides is 1. The fourth-order valence-electron chi connectivity index (χ4n) is 3.38. The van der Waals surface area contributed by atoms with Gasteiger partial charge in [-0.3, -0.25) is 4.79 Å². The first kappa shape index (κ1) is 17.2. The molecule has 1 saturated heterocycles. The standard InChI is InChI=1S/C20H21N5O2/c1-13-18(19(24-27-13)15-6-4-3-5-7-15)17-8-10-21-20(23-17)22-16-9-11-25(12-16)14(2)26/h3-8,10,16H,9,11-12H2,1-2H3,(H,21,22,23)/t16-/m1/s1. The number of benzene rings is 1. The molecule has 4 rings (SSSR count). The average molecular weight is 363 g/mol. The number of anilines is 1. The lowest BCUT2D eigenvalue weighted by atomic mass is 10.0. The molecule has 0 saturated carbocycles.